The van der Waals surface area contributed by atoms with Crippen LogP contribution >= 0.6 is 11.6 Å². The van der Waals surface area contributed by atoms with Crippen LogP contribution in [0.4, 0.5) is 19.0 Å². The van der Waals surface area contributed by atoms with Gasteiger partial charge in [-0.15, -0.1) is 0 Å². The number of halogens is 4. The number of carbonyl (C=O) groups is 1. The summed E-state index contributed by atoms with van der Waals surface area (Å²) in [6.45, 7) is -0.185. The molecule has 1 N–H and O–H groups in total. The lowest BCUT2D eigenvalue weighted by molar-refractivity contribution is -0.144. The molecule has 0 atom stereocenters. The van der Waals surface area contributed by atoms with E-state index in [1.165, 1.54) is 23.4 Å². The number of nitriles is 1. The lowest BCUT2D eigenvalue weighted by Gasteiger charge is -2.30. The van der Waals surface area contributed by atoms with Crippen LogP contribution in [0.25, 0.3) is 22.4 Å². The molecule has 11 heteroatoms. The predicted molar refractivity (Wildman–Crippen MR) is 109 cm³/mol. The summed E-state index contributed by atoms with van der Waals surface area (Å²) in [6.07, 6.45) is -0.840. The molecule has 0 unspecified atom stereocenters. The number of rotatable bonds is 7. The van der Waals surface area contributed by atoms with Gasteiger partial charge in [-0.3, -0.25) is 4.79 Å². The number of aromatic nitrogens is 4. The molecular weight excluding hydrogens is 433 g/mol. The number of hydrogen-bond acceptors (Lipinski definition) is 6. The van der Waals surface area contributed by atoms with Crippen LogP contribution in [0.2, 0.25) is 5.02 Å². The summed E-state index contributed by atoms with van der Waals surface area (Å²) in [5.41, 5.74) is 0.0674. The average Bonchev–Trinajstić information content (AvgIpc) is 3.43. The van der Waals surface area contributed by atoms with Crippen LogP contribution in [0.15, 0.2) is 30.7 Å². The number of anilines is 1. The molecule has 162 valence electrons. The number of alkyl halides is 3. The van der Waals surface area contributed by atoms with Crippen LogP contribution in [-0.2, 0) is 4.79 Å². The Labute approximate surface area is 181 Å². The standard InChI is InChI=1S/C20H16ClF3N6O.H2/c21-12-9-13-14(11-28-17(13)27-10-12)18-26-7-2-16(29-18)30(8-6-25)19(4-5-19)15(31)1-3-20(22,23)24;/h2,7,9-11H,1,3-5,8H2,(H,27,28);1H. The summed E-state index contributed by atoms with van der Waals surface area (Å²) >= 11 is 6.04. The maximum absolute atomic E-state index is 12.7. The first-order chi connectivity index (χ1) is 14.7. The number of Topliss-reactive ketones (excluding diaryl/α,β-unsaturated/α-hetero) is 1. The fourth-order valence-electron chi connectivity index (χ4n) is 3.62. The van der Waals surface area contributed by atoms with Crippen molar-refractivity contribution >= 4 is 34.2 Å². The van der Waals surface area contributed by atoms with Gasteiger partial charge in [-0.1, -0.05) is 11.6 Å². The van der Waals surface area contributed by atoms with E-state index in [4.69, 9.17) is 11.6 Å². The Morgan fingerprint density at radius 2 is 2.16 bits per heavy atom. The molecule has 1 aliphatic rings. The van der Waals surface area contributed by atoms with E-state index in [0.29, 0.717) is 46.1 Å². The number of hydrogen-bond donors (Lipinski definition) is 1. The van der Waals surface area contributed by atoms with E-state index in [0.717, 1.165) is 0 Å². The van der Waals surface area contributed by atoms with Crippen molar-refractivity contribution in [2.75, 3.05) is 11.4 Å². The zero-order valence-corrected chi connectivity index (χ0v) is 16.8. The molecule has 1 aliphatic carbocycles. The van der Waals surface area contributed by atoms with Gasteiger partial charge in [0, 0.05) is 37.4 Å². The number of nitrogens with one attached hydrogen (secondary N) is 1. The Morgan fingerprint density at radius 1 is 1.39 bits per heavy atom. The van der Waals surface area contributed by atoms with Gasteiger partial charge in [-0.05, 0) is 25.0 Å². The monoisotopic (exact) mass is 450 g/mol. The average molecular weight is 451 g/mol. The molecule has 0 amide bonds. The molecule has 0 bridgehead atoms. The molecule has 0 saturated heterocycles. The molecule has 0 spiro atoms. The van der Waals surface area contributed by atoms with Crippen LogP contribution in [0.5, 0.6) is 0 Å². The highest BCUT2D eigenvalue weighted by Crippen LogP contribution is 2.46. The minimum Gasteiger partial charge on any atom is -0.345 e. The quantitative estimate of drug-likeness (QED) is 0.524. The van der Waals surface area contributed by atoms with E-state index < -0.39 is 30.3 Å². The minimum absolute atomic E-state index is 0. The number of carbonyl (C=O) groups excluding carboxylic acids is 1. The molecule has 1 saturated carbocycles. The number of nitrogens with zero attached hydrogens (tertiary/aromatic N) is 5. The topological polar surface area (TPSA) is 98.6 Å². The molecule has 31 heavy (non-hydrogen) atoms. The third-order valence-electron chi connectivity index (χ3n) is 5.28. The van der Waals surface area contributed by atoms with E-state index in [1.54, 1.807) is 12.3 Å². The van der Waals surface area contributed by atoms with Crippen LogP contribution in [0.3, 0.4) is 0 Å². The molecule has 3 aromatic heterocycles. The van der Waals surface area contributed by atoms with Gasteiger partial charge in [0.2, 0.25) is 0 Å². The van der Waals surface area contributed by atoms with Gasteiger partial charge in [0.15, 0.2) is 11.6 Å². The van der Waals surface area contributed by atoms with Crippen LogP contribution in [-0.4, -0.2) is 44.0 Å². The molecule has 1 fully saturated rings. The lowest BCUT2D eigenvalue weighted by atomic mass is 10.0. The molecule has 0 aliphatic heterocycles. The summed E-state index contributed by atoms with van der Waals surface area (Å²) < 4.78 is 37.8. The predicted octanol–water partition coefficient (Wildman–Crippen LogP) is 4.69. The fourth-order valence-corrected chi connectivity index (χ4v) is 3.78. The third kappa shape index (κ3) is 4.18. The lowest BCUT2D eigenvalue weighted by Crippen LogP contribution is -2.45. The molecule has 3 aromatic rings. The summed E-state index contributed by atoms with van der Waals surface area (Å²) in [4.78, 5) is 30.1. The van der Waals surface area contributed by atoms with Crippen molar-refractivity contribution in [2.45, 2.75) is 37.4 Å². The minimum atomic E-state index is -4.42. The Morgan fingerprint density at radius 3 is 2.84 bits per heavy atom. The first-order valence-electron chi connectivity index (χ1n) is 9.44. The maximum Gasteiger partial charge on any atom is 0.389 e. The Kier molecular flexibility index (Phi) is 5.31. The van der Waals surface area contributed by atoms with Gasteiger partial charge in [0.05, 0.1) is 17.5 Å². The van der Waals surface area contributed by atoms with Gasteiger partial charge < -0.3 is 9.88 Å². The summed E-state index contributed by atoms with van der Waals surface area (Å²) in [6, 6.07) is 5.24. The largest absolute Gasteiger partial charge is 0.389 e. The van der Waals surface area contributed by atoms with Crippen LogP contribution in [0.1, 0.15) is 27.1 Å². The van der Waals surface area contributed by atoms with Crippen molar-refractivity contribution in [2.24, 2.45) is 0 Å². The summed E-state index contributed by atoms with van der Waals surface area (Å²) in [7, 11) is 0. The molecule has 0 radical (unpaired) electrons. The molecule has 3 heterocycles. The smallest absolute Gasteiger partial charge is 0.345 e. The van der Waals surface area contributed by atoms with E-state index in [2.05, 4.69) is 19.9 Å². The zero-order valence-electron chi connectivity index (χ0n) is 16.1. The Balaban J connectivity index is 0.00000289. The van der Waals surface area contributed by atoms with Gasteiger partial charge in [0.1, 0.15) is 23.5 Å². The highest BCUT2D eigenvalue weighted by Gasteiger charge is 2.55. The molecule has 4 rings (SSSR count). The van der Waals surface area contributed by atoms with Crippen LogP contribution < -0.4 is 4.90 Å². The molecule has 0 aromatic carbocycles. The van der Waals surface area contributed by atoms with E-state index in [1.807, 2.05) is 6.07 Å². The first-order valence-corrected chi connectivity index (χ1v) is 9.82. The van der Waals surface area contributed by atoms with E-state index >= 15 is 0 Å². The second-order valence-corrected chi connectivity index (χ2v) is 7.74. The van der Waals surface area contributed by atoms with Gasteiger partial charge >= 0.3 is 6.18 Å². The summed E-state index contributed by atoms with van der Waals surface area (Å²) in [5.74, 6) is 0.0753. The highest BCUT2D eigenvalue weighted by molar-refractivity contribution is 6.31. The zero-order chi connectivity index (χ0) is 22.2. The maximum atomic E-state index is 12.7. The highest BCUT2D eigenvalue weighted by atomic mass is 35.5. The van der Waals surface area contributed by atoms with Crippen molar-refractivity contribution < 1.29 is 19.4 Å². The van der Waals surface area contributed by atoms with Crippen molar-refractivity contribution in [1.82, 2.24) is 19.9 Å². The second kappa shape index (κ2) is 7.81. The number of aromatic amines is 1. The SMILES string of the molecule is N#CCN(c1ccnc(-c2c[nH]c3ncc(Cl)cc23)n1)C1(C(=O)CCC(F)(F)F)CC1.[HH]. The number of ketones is 1. The van der Waals surface area contributed by atoms with E-state index in [-0.39, 0.29) is 7.97 Å². The summed E-state index contributed by atoms with van der Waals surface area (Å²) in [5, 5.41) is 10.4. The van der Waals surface area contributed by atoms with Crippen molar-refractivity contribution in [3.63, 3.8) is 0 Å². The Bertz CT molecular complexity index is 1190. The van der Waals surface area contributed by atoms with Crippen LogP contribution in [0, 0.1) is 11.3 Å². The van der Waals surface area contributed by atoms with Crippen molar-refractivity contribution in [3.8, 4) is 17.5 Å². The van der Waals surface area contributed by atoms with Crippen molar-refractivity contribution in [1.29, 1.82) is 5.26 Å². The number of H-pyrrole nitrogens is 1. The van der Waals surface area contributed by atoms with Gasteiger partial charge in [0.25, 0.3) is 0 Å². The van der Waals surface area contributed by atoms with E-state index in [9.17, 15) is 23.2 Å². The Hall–Kier alpha value is -3.19. The third-order valence-corrected chi connectivity index (χ3v) is 5.49. The first kappa shape index (κ1) is 21.1. The van der Waals surface area contributed by atoms with Gasteiger partial charge in [-0.2, -0.15) is 18.4 Å². The fraction of sp³-hybridized carbons (Fsp3) is 0.350. The number of fused-ring (bicyclic) bond motifs is 1. The molecule has 7 nitrogen and oxygen atoms in total. The van der Waals surface area contributed by atoms with Crippen molar-refractivity contribution in [3.05, 3.63) is 35.7 Å². The molecular formula is C20H18ClF3N6O. The number of pyridine rings is 1. The van der Waals surface area contributed by atoms with Gasteiger partial charge in [-0.25, -0.2) is 15.0 Å². The second-order valence-electron chi connectivity index (χ2n) is 7.30. The normalized spacial score (nSPS) is 14.9.